The molecular formula is C10H9ClN2O. The molecule has 0 bridgehead atoms. The van der Waals surface area contributed by atoms with Gasteiger partial charge in [0.1, 0.15) is 11.3 Å². The molecule has 0 fully saturated rings. The number of hydrogen-bond donors (Lipinski definition) is 0. The van der Waals surface area contributed by atoms with Gasteiger partial charge in [-0.15, -0.1) is 0 Å². The molecule has 4 heteroatoms. The molecule has 0 aliphatic heterocycles. The van der Waals surface area contributed by atoms with Crippen LogP contribution in [0.15, 0.2) is 18.2 Å². The van der Waals surface area contributed by atoms with Crippen LogP contribution in [-0.2, 0) is 0 Å². The fraction of sp³-hybridized carbons (Fsp3) is 0.200. The zero-order valence-electron chi connectivity index (χ0n) is 7.91. The number of fused-ring (bicyclic) bond motifs is 1. The van der Waals surface area contributed by atoms with Crippen molar-refractivity contribution in [1.29, 1.82) is 0 Å². The Morgan fingerprint density at radius 2 is 2.07 bits per heavy atom. The number of ether oxygens (including phenoxy) is 1. The van der Waals surface area contributed by atoms with Gasteiger partial charge in [0, 0.05) is 5.39 Å². The van der Waals surface area contributed by atoms with Gasteiger partial charge in [0.25, 0.3) is 0 Å². The second kappa shape index (κ2) is 3.42. The van der Waals surface area contributed by atoms with Crippen LogP contribution in [0.4, 0.5) is 0 Å². The average molecular weight is 209 g/mol. The van der Waals surface area contributed by atoms with E-state index in [1.807, 2.05) is 25.1 Å². The topological polar surface area (TPSA) is 35.0 Å². The van der Waals surface area contributed by atoms with Gasteiger partial charge in [-0.1, -0.05) is 12.1 Å². The molecule has 14 heavy (non-hydrogen) atoms. The van der Waals surface area contributed by atoms with Crippen LogP contribution in [0.25, 0.3) is 10.9 Å². The van der Waals surface area contributed by atoms with Crippen molar-refractivity contribution in [3.63, 3.8) is 0 Å². The monoisotopic (exact) mass is 208 g/mol. The third kappa shape index (κ3) is 1.40. The first-order chi connectivity index (χ1) is 6.72. The minimum Gasteiger partial charge on any atom is -0.494 e. The molecule has 2 rings (SSSR count). The van der Waals surface area contributed by atoms with Crippen LogP contribution in [0.5, 0.6) is 5.75 Å². The lowest BCUT2D eigenvalue weighted by molar-refractivity contribution is 0.419. The third-order valence-electron chi connectivity index (χ3n) is 2.07. The van der Waals surface area contributed by atoms with Crippen molar-refractivity contribution < 1.29 is 4.74 Å². The molecule has 0 N–H and O–H groups in total. The van der Waals surface area contributed by atoms with E-state index in [0.29, 0.717) is 0 Å². The molecule has 2 aromatic rings. The van der Waals surface area contributed by atoms with E-state index in [9.17, 15) is 0 Å². The number of methoxy groups -OCH3 is 1. The molecule has 3 nitrogen and oxygen atoms in total. The SMILES string of the molecule is COc1cccc2c(C)nc(Cl)nc12. The van der Waals surface area contributed by atoms with Crippen LogP contribution in [0.2, 0.25) is 5.28 Å². The van der Waals surface area contributed by atoms with Crippen LogP contribution in [0.3, 0.4) is 0 Å². The van der Waals surface area contributed by atoms with Gasteiger partial charge in [0.2, 0.25) is 5.28 Å². The molecule has 0 saturated heterocycles. The Bertz CT molecular complexity index is 485. The van der Waals surface area contributed by atoms with E-state index in [0.717, 1.165) is 22.3 Å². The first-order valence-corrected chi connectivity index (χ1v) is 4.57. The van der Waals surface area contributed by atoms with E-state index in [1.54, 1.807) is 7.11 Å². The number of rotatable bonds is 1. The van der Waals surface area contributed by atoms with E-state index in [-0.39, 0.29) is 5.28 Å². The van der Waals surface area contributed by atoms with Gasteiger partial charge < -0.3 is 4.74 Å². The molecule has 0 spiro atoms. The van der Waals surface area contributed by atoms with Crippen molar-refractivity contribution in [1.82, 2.24) is 9.97 Å². The van der Waals surface area contributed by atoms with Gasteiger partial charge in [0.05, 0.1) is 12.8 Å². The number of hydrogen-bond acceptors (Lipinski definition) is 3. The summed E-state index contributed by atoms with van der Waals surface area (Å²) in [6, 6.07) is 5.71. The highest BCUT2D eigenvalue weighted by molar-refractivity contribution is 6.28. The van der Waals surface area contributed by atoms with Gasteiger partial charge >= 0.3 is 0 Å². The van der Waals surface area contributed by atoms with Crippen molar-refractivity contribution in [3.8, 4) is 5.75 Å². The predicted octanol–water partition coefficient (Wildman–Crippen LogP) is 2.60. The molecule has 0 radical (unpaired) electrons. The minimum atomic E-state index is 0.250. The fourth-order valence-corrected chi connectivity index (χ4v) is 1.62. The molecule has 0 unspecified atom stereocenters. The Hall–Kier alpha value is -1.35. The van der Waals surface area contributed by atoms with Crippen LogP contribution in [0, 0.1) is 6.92 Å². The number of halogens is 1. The predicted molar refractivity (Wildman–Crippen MR) is 55.8 cm³/mol. The summed E-state index contributed by atoms with van der Waals surface area (Å²) in [4.78, 5) is 8.21. The standard InChI is InChI=1S/C10H9ClN2O/c1-6-7-4-3-5-8(14-2)9(7)13-10(11)12-6/h3-5H,1-2H3. The Balaban J connectivity index is 2.86. The fourth-order valence-electron chi connectivity index (χ4n) is 1.41. The minimum absolute atomic E-state index is 0.250. The highest BCUT2D eigenvalue weighted by Gasteiger charge is 2.06. The highest BCUT2D eigenvalue weighted by atomic mass is 35.5. The van der Waals surface area contributed by atoms with Crippen molar-refractivity contribution >= 4 is 22.5 Å². The number of aromatic nitrogens is 2. The summed E-state index contributed by atoms with van der Waals surface area (Å²) in [5.41, 5.74) is 1.62. The highest BCUT2D eigenvalue weighted by Crippen LogP contribution is 2.25. The summed E-state index contributed by atoms with van der Waals surface area (Å²) in [5, 5.41) is 1.22. The van der Waals surface area contributed by atoms with Gasteiger partial charge in [-0.3, -0.25) is 0 Å². The second-order valence-electron chi connectivity index (χ2n) is 2.93. The number of benzene rings is 1. The number of aryl methyl sites for hydroxylation is 1. The number of para-hydroxylation sites is 1. The van der Waals surface area contributed by atoms with Crippen LogP contribution in [0.1, 0.15) is 5.69 Å². The summed E-state index contributed by atoms with van der Waals surface area (Å²) < 4.78 is 5.19. The smallest absolute Gasteiger partial charge is 0.223 e. The molecule has 0 atom stereocenters. The summed E-state index contributed by atoms with van der Waals surface area (Å²) in [5.74, 6) is 0.718. The first-order valence-electron chi connectivity index (χ1n) is 4.19. The second-order valence-corrected chi connectivity index (χ2v) is 3.27. The van der Waals surface area contributed by atoms with E-state index in [4.69, 9.17) is 16.3 Å². The molecule has 72 valence electrons. The summed E-state index contributed by atoms with van der Waals surface area (Å²) in [6.45, 7) is 1.90. The number of nitrogens with zero attached hydrogens (tertiary/aromatic N) is 2. The molecule has 0 aliphatic rings. The van der Waals surface area contributed by atoms with Crippen LogP contribution in [-0.4, -0.2) is 17.1 Å². The van der Waals surface area contributed by atoms with Gasteiger partial charge in [-0.05, 0) is 24.6 Å². The summed E-state index contributed by atoms with van der Waals surface area (Å²) in [7, 11) is 1.61. The third-order valence-corrected chi connectivity index (χ3v) is 2.24. The van der Waals surface area contributed by atoms with Crippen molar-refractivity contribution in [3.05, 3.63) is 29.2 Å². The van der Waals surface area contributed by atoms with E-state index < -0.39 is 0 Å². The zero-order chi connectivity index (χ0) is 10.1. The maximum Gasteiger partial charge on any atom is 0.223 e. The molecular weight excluding hydrogens is 200 g/mol. The van der Waals surface area contributed by atoms with Crippen molar-refractivity contribution in [2.24, 2.45) is 0 Å². The van der Waals surface area contributed by atoms with E-state index >= 15 is 0 Å². The van der Waals surface area contributed by atoms with Crippen LogP contribution >= 0.6 is 11.6 Å². The lowest BCUT2D eigenvalue weighted by Gasteiger charge is -2.05. The Morgan fingerprint density at radius 3 is 2.79 bits per heavy atom. The average Bonchev–Trinajstić information content (AvgIpc) is 2.17. The van der Waals surface area contributed by atoms with Crippen molar-refractivity contribution in [2.75, 3.05) is 7.11 Å². The molecule has 1 heterocycles. The van der Waals surface area contributed by atoms with E-state index in [2.05, 4.69) is 9.97 Å². The summed E-state index contributed by atoms with van der Waals surface area (Å²) in [6.07, 6.45) is 0. The largest absolute Gasteiger partial charge is 0.494 e. The maximum absolute atomic E-state index is 5.78. The Morgan fingerprint density at radius 1 is 1.29 bits per heavy atom. The van der Waals surface area contributed by atoms with Gasteiger partial charge in [-0.2, -0.15) is 0 Å². The Labute approximate surface area is 86.7 Å². The quantitative estimate of drug-likeness (QED) is 0.676. The Kier molecular flexibility index (Phi) is 2.25. The normalized spacial score (nSPS) is 10.5. The summed E-state index contributed by atoms with van der Waals surface area (Å²) >= 11 is 5.78. The molecule has 1 aromatic heterocycles. The van der Waals surface area contributed by atoms with Gasteiger partial charge in [-0.25, -0.2) is 9.97 Å². The van der Waals surface area contributed by atoms with E-state index in [1.165, 1.54) is 0 Å². The molecule has 0 amide bonds. The molecule has 0 saturated carbocycles. The van der Waals surface area contributed by atoms with Crippen molar-refractivity contribution in [2.45, 2.75) is 6.92 Å². The van der Waals surface area contributed by atoms with Gasteiger partial charge in [0.15, 0.2) is 0 Å². The lowest BCUT2D eigenvalue weighted by atomic mass is 10.2. The zero-order valence-corrected chi connectivity index (χ0v) is 8.67. The first kappa shape index (κ1) is 9.21. The molecule has 0 aliphatic carbocycles. The molecule has 1 aromatic carbocycles. The lowest BCUT2D eigenvalue weighted by Crippen LogP contribution is -1.93. The maximum atomic E-state index is 5.78. The van der Waals surface area contributed by atoms with Crippen LogP contribution < -0.4 is 4.74 Å².